The van der Waals surface area contributed by atoms with Crippen LogP contribution in [0.5, 0.6) is 0 Å². The molecule has 0 aromatic carbocycles. The van der Waals surface area contributed by atoms with Gasteiger partial charge in [-0.1, -0.05) is 0 Å². The summed E-state index contributed by atoms with van der Waals surface area (Å²) in [6.07, 6.45) is 0.988. The van der Waals surface area contributed by atoms with E-state index in [9.17, 15) is 0 Å². The Morgan fingerprint density at radius 2 is 0.667 bits per heavy atom. The molecule has 30 heavy (non-hydrogen) atoms. The quantitative estimate of drug-likeness (QED) is 0.233. The molecular weight excluding hydrogens is 396 g/mol. The predicted molar refractivity (Wildman–Crippen MR) is 108 cm³/mol. The van der Waals surface area contributed by atoms with Crippen molar-refractivity contribution in [3.63, 3.8) is 0 Å². The number of rotatable bonds is 15. The van der Waals surface area contributed by atoms with E-state index >= 15 is 0 Å². The van der Waals surface area contributed by atoms with E-state index < -0.39 is 0 Å². The van der Waals surface area contributed by atoms with Crippen LogP contribution in [0.2, 0.25) is 0 Å². The summed E-state index contributed by atoms with van der Waals surface area (Å²) in [4.78, 5) is 23.3. The number of nitrogens with zero attached hydrogens (tertiary/aromatic N) is 6. The van der Waals surface area contributed by atoms with Gasteiger partial charge < -0.3 is 41.9 Å². The number of anilines is 4. The lowest BCUT2D eigenvalue weighted by atomic mass is 10.4. The van der Waals surface area contributed by atoms with Crippen molar-refractivity contribution in [2.24, 2.45) is 0 Å². The third kappa shape index (κ3) is 10.0. The molecule has 14 nitrogen and oxygen atoms in total. The Morgan fingerprint density at radius 3 is 0.967 bits per heavy atom. The second-order valence-corrected chi connectivity index (χ2v) is 5.89. The molecule has 0 unspecified atom stereocenters. The van der Waals surface area contributed by atoms with Gasteiger partial charge in [0.25, 0.3) is 0 Å². The zero-order chi connectivity index (χ0) is 21.6. The molecule has 2 rings (SSSR count). The van der Waals surface area contributed by atoms with E-state index in [0.29, 0.717) is 77.3 Å². The fraction of sp³-hybridized carbons (Fsp3) is 0.625. The van der Waals surface area contributed by atoms with E-state index in [2.05, 4.69) is 29.9 Å². The zero-order valence-corrected chi connectivity index (χ0v) is 16.7. The zero-order valence-electron chi connectivity index (χ0n) is 16.7. The number of nitrogens with two attached hydrogens (primary N) is 4. The standard InChI is InChI=1S/C16H28N10O4/c17-13-21-11(22-14(18)25-13)1-3-27-5-7-29-9-10-30-8-6-28-4-2-12-23-15(19)26-16(20)24-12/h1-10H2,(H4,17,18,21,22,25)(H4,19,20,23,24,26). The molecule has 166 valence electrons. The third-order valence-electron chi connectivity index (χ3n) is 3.49. The highest BCUT2D eigenvalue weighted by Crippen LogP contribution is 2.00. The molecule has 0 atom stereocenters. The first-order valence-corrected chi connectivity index (χ1v) is 9.35. The number of hydrogen-bond acceptors (Lipinski definition) is 14. The van der Waals surface area contributed by atoms with Crippen LogP contribution in [0.1, 0.15) is 11.6 Å². The van der Waals surface area contributed by atoms with Crippen molar-refractivity contribution < 1.29 is 18.9 Å². The molecule has 0 bridgehead atoms. The second kappa shape index (κ2) is 13.3. The van der Waals surface area contributed by atoms with E-state index in [0.717, 1.165) is 0 Å². The normalized spacial score (nSPS) is 11.1. The maximum Gasteiger partial charge on any atom is 0.225 e. The molecule has 0 aliphatic heterocycles. The summed E-state index contributed by atoms with van der Waals surface area (Å²) in [7, 11) is 0. The lowest BCUT2D eigenvalue weighted by Gasteiger charge is -2.07. The number of ether oxygens (including phenoxy) is 4. The summed E-state index contributed by atoms with van der Waals surface area (Å²) in [5, 5.41) is 0. The van der Waals surface area contributed by atoms with Gasteiger partial charge in [-0.3, -0.25) is 0 Å². The molecule has 2 heterocycles. The number of nitrogen functional groups attached to an aromatic ring is 4. The highest BCUT2D eigenvalue weighted by Gasteiger charge is 2.03. The van der Waals surface area contributed by atoms with Crippen LogP contribution in [0.4, 0.5) is 23.8 Å². The summed E-state index contributed by atoms with van der Waals surface area (Å²) >= 11 is 0. The fourth-order valence-electron chi connectivity index (χ4n) is 2.23. The maximum absolute atomic E-state index is 5.50. The minimum Gasteiger partial charge on any atom is -0.379 e. The van der Waals surface area contributed by atoms with Crippen molar-refractivity contribution in [3.8, 4) is 0 Å². The second-order valence-electron chi connectivity index (χ2n) is 5.89. The minimum absolute atomic E-state index is 0.101. The van der Waals surface area contributed by atoms with Gasteiger partial charge in [-0.2, -0.15) is 29.9 Å². The monoisotopic (exact) mass is 424 g/mol. The third-order valence-corrected chi connectivity index (χ3v) is 3.49. The molecule has 0 aliphatic rings. The Bertz CT molecular complexity index is 663. The molecule has 0 spiro atoms. The smallest absolute Gasteiger partial charge is 0.225 e. The molecule has 2 aromatic heterocycles. The first-order valence-electron chi connectivity index (χ1n) is 9.35. The van der Waals surface area contributed by atoms with Gasteiger partial charge in [0.1, 0.15) is 11.6 Å². The summed E-state index contributed by atoms with van der Waals surface area (Å²) < 4.78 is 21.7. The van der Waals surface area contributed by atoms with Crippen LogP contribution >= 0.6 is 0 Å². The van der Waals surface area contributed by atoms with Crippen molar-refractivity contribution in [2.75, 3.05) is 75.8 Å². The number of aromatic nitrogens is 6. The molecule has 0 aliphatic carbocycles. The molecule has 0 amide bonds. The molecule has 8 N–H and O–H groups in total. The Hall–Kier alpha value is -2.94. The SMILES string of the molecule is Nc1nc(N)nc(CCOCCOCCOCCOCCc2nc(N)nc(N)n2)n1. The average molecular weight is 424 g/mol. The Balaban J connectivity index is 1.35. The van der Waals surface area contributed by atoms with E-state index in [-0.39, 0.29) is 23.8 Å². The Morgan fingerprint density at radius 1 is 0.400 bits per heavy atom. The van der Waals surface area contributed by atoms with E-state index in [1.165, 1.54) is 0 Å². The highest BCUT2D eigenvalue weighted by atomic mass is 16.6. The summed E-state index contributed by atoms with van der Waals surface area (Å²) in [6, 6.07) is 0. The highest BCUT2D eigenvalue weighted by molar-refractivity contribution is 5.26. The molecule has 0 fully saturated rings. The van der Waals surface area contributed by atoms with Crippen LogP contribution in [0.15, 0.2) is 0 Å². The van der Waals surface area contributed by atoms with Crippen molar-refractivity contribution in [1.82, 2.24) is 29.9 Å². The molecule has 0 saturated heterocycles. The van der Waals surface area contributed by atoms with Crippen LogP contribution in [-0.2, 0) is 31.8 Å². The van der Waals surface area contributed by atoms with Crippen molar-refractivity contribution >= 4 is 23.8 Å². The lowest BCUT2D eigenvalue weighted by molar-refractivity contribution is -0.00138. The first-order chi connectivity index (χ1) is 14.5. The van der Waals surface area contributed by atoms with Crippen LogP contribution in [0.25, 0.3) is 0 Å². The van der Waals surface area contributed by atoms with Crippen LogP contribution in [0, 0.1) is 0 Å². The topological polar surface area (TPSA) is 218 Å². The Kier molecular flexibility index (Phi) is 10.4. The van der Waals surface area contributed by atoms with Crippen LogP contribution in [-0.4, -0.2) is 82.8 Å². The van der Waals surface area contributed by atoms with Gasteiger partial charge in [-0.25, -0.2) is 0 Å². The molecule has 0 radical (unpaired) electrons. The number of hydrogen-bond donors (Lipinski definition) is 4. The largest absolute Gasteiger partial charge is 0.379 e. The van der Waals surface area contributed by atoms with Crippen molar-refractivity contribution in [1.29, 1.82) is 0 Å². The predicted octanol–water partition coefficient (Wildman–Crippen LogP) is -1.76. The van der Waals surface area contributed by atoms with Crippen LogP contribution in [0.3, 0.4) is 0 Å². The van der Waals surface area contributed by atoms with E-state index in [1.807, 2.05) is 0 Å². The van der Waals surface area contributed by atoms with Gasteiger partial charge in [0.15, 0.2) is 0 Å². The summed E-state index contributed by atoms with van der Waals surface area (Å²) in [5.74, 6) is 1.40. The molecule has 0 saturated carbocycles. The van der Waals surface area contributed by atoms with Gasteiger partial charge in [0, 0.05) is 12.8 Å². The maximum atomic E-state index is 5.50. The summed E-state index contributed by atoms with van der Waals surface area (Å²) in [5.41, 5.74) is 22.0. The van der Waals surface area contributed by atoms with Gasteiger partial charge in [-0.15, -0.1) is 0 Å². The molecular formula is C16H28N10O4. The van der Waals surface area contributed by atoms with E-state index in [4.69, 9.17) is 41.9 Å². The van der Waals surface area contributed by atoms with Gasteiger partial charge >= 0.3 is 0 Å². The summed E-state index contributed by atoms with van der Waals surface area (Å²) in [6.45, 7) is 3.61. The van der Waals surface area contributed by atoms with Crippen molar-refractivity contribution in [2.45, 2.75) is 12.8 Å². The Labute approximate surface area is 173 Å². The van der Waals surface area contributed by atoms with Crippen LogP contribution < -0.4 is 22.9 Å². The van der Waals surface area contributed by atoms with E-state index in [1.54, 1.807) is 0 Å². The van der Waals surface area contributed by atoms with Gasteiger partial charge in [0.2, 0.25) is 23.8 Å². The van der Waals surface area contributed by atoms with Gasteiger partial charge in [0.05, 0.1) is 52.9 Å². The minimum atomic E-state index is 0.101. The molecule has 2 aromatic rings. The van der Waals surface area contributed by atoms with Gasteiger partial charge in [-0.05, 0) is 0 Å². The fourth-order valence-corrected chi connectivity index (χ4v) is 2.23. The lowest BCUT2D eigenvalue weighted by Crippen LogP contribution is -2.14. The van der Waals surface area contributed by atoms with Crippen molar-refractivity contribution in [3.05, 3.63) is 11.6 Å². The molecule has 14 heteroatoms. The first kappa shape index (κ1) is 23.3. The average Bonchev–Trinajstić information content (AvgIpc) is 2.66.